The Labute approximate surface area is 160 Å². The predicted octanol–water partition coefficient (Wildman–Crippen LogP) is 3.14. The second-order valence-electron chi connectivity index (χ2n) is 6.87. The number of piperidine rings is 1. The number of amides is 1. The molecule has 1 saturated heterocycles. The molecule has 0 spiro atoms. The number of ether oxygens (including phenoxy) is 2. The molecule has 1 aliphatic rings. The third-order valence-corrected chi connectivity index (χ3v) is 4.72. The number of carbonyl (C=O) groups is 1. The Hall–Kier alpha value is -2.76. The van der Waals surface area contributed by atoms with Crippen LogP contribution in [0.25, 0.3) is 0 Å². The minimum atomic E-state index is -0.188. The van der Waals surface area contributed by atoms with Crippen molar-refractivity contribution in [2.45, 2.75) is 19.8 Å². The number of carbonyl (C=O) groups excluding carboxylic acids is 1. The Bertz CT molecular complexity index is 731. The van der Waals surface area contributed by atoms with Crippen molar-refractivity contribution in [1.82, 2.24) is 10.3 Å². The molecule has 0 radical (unpaired) electrons. The molecule has 1 amide bonds. The highest BCUT2D eigenvalue weighted by molar-refractivity contribution is 5.92. The van der Waals surface area contributed by atoms with Crippen LogP contribution in [0.1, 0.15) is 30.3 Å². The fourth-order valence-electron chi connectivity index (χ4n) is 3.23. The summed E-state index contributed by atoms with van der Waals surface area (Å²) in [5, 5.41) is 2.83. The molecule has 3 rings (SSSR count). The molecule has 1 fully saturated rings. The van der Waals surface area contributed by atoms with E-state index in [1.54, 1.807) is 19.4 Å². The van der Waals surface area contributed by atoms with Gasteiger partial charge in [0, 0.05) is 13.1 Å². The summed E-state index contributed by atoms with van der Waals surface area (Å²) >= 11 is 0. The number of nitrogens with one attached hydrogen (secondary N) is 1. The van der Waals surface area contributed by atoms with E-state index in [9.17, 15) is 4.79 Å². The minimum absolute atomic E-state index is 0.188. The Morgan fingerprint density at radius 1 is 1.22 bits per heavy atom. The first kappa shape index (κ1) is 19.0. The monoisotopic (exact) mass is 369 g/mol. The smallest absolute Gasteiger partial charge is 0.269 e. The lowest BCUT2D eigenvalue weighted by molar-refractivity contribution is 0.0942. The third-order valence-electron chi connectivity index (χ3n) is 4.72. The van der Waals surface area contributed by atoms with E-state index in [1.807, 2.05) is 30.3 Å². The molecule has 2 aromatic rings. The standard InChI is InChI=1S/C21H27N3O3/c1-16-4-3-12-24(15-16)17-5-10-20(23-14-17)21(25)22-11-13-27-19-8-6-18(26-2)7-9-19/h5-10,14,16H,3-4,11-13,15H2,1-2H3,(H,22,25). The van der Waals surface area contributed by atoms with Crippen LogP contribution in [-0.4, -0.2) is 44.2 Å². The number of rotatable bonds is 7. The Morgan fingerprint density at radius 3 is 2.67 bits per heavy atom. The number of nitrogens with zero attached hydrogens (tertiary/aromatic N) is 2. The molecule has 1 N–H and O–H groups in total. The summed E-state index contributed by atoms with van der Waals surface area (Å²) in [5.41, 5.74) is 1.51. The summed E-state index contributed by atoms with van der Waals surface area (Å²) in [7, 11) is 1.62. The van der Waals surface area contributed by atoms with E-state index >= 15 is 0 Å². The van der Waals surface area contributed by atoms with Crippen LogP contribution in [0.3, 0.4) is 0 Å². The number of hydrogen-bond donors (Lipinski definition) is 1. The highest BCUT2D eigenvalue weighted by Gasteiger charge is 2.17. The second-order valence-corrected chi connectivity index (χ2v) is 6.87. The molecule has 144 valence electrons. The summed E-state index contributed by atoms with van der Waals surface area (Å²) in [6.07, 6.45) is 4.28. The van der Waals surface area contributed by atoms with Gasteiger partial charge in [0.1, 0.15) is 23.8 Å². The number of pyridine rings is 1. The lowest BCUT2D eigenvalue weighted by atomic mass is 10.00. The molecule has 0 aliphatic carbocycles. The van der Waals surface area contributed by atoms with Crippen molar-refractivity contribution in [1.29, 1.82) is 0 Å². The zero-order valence-corrected chi connectivity index (χ0v) is 16.0. The molecule has 0 bridgehead atoms. The van der Waals surface area contributed by atoms with Gasteiger partial charge in [-0.2, -0.15) is 0 Å². The highest BCUT2D eigenvalue weighted by atomic mass is 16.5. The number of hydrogen-bond acceptors (Lipinski definition) is 5. The zero-order chi connectivity index (χ0) is 19.1. The summed E-state index contributed by atoms with van der Waals surface area (Å²) in [4.78, 5) is 18.9. The normalized spacial score (nSPS) is 16.7. The van der Waals surface area contributed by atoms with Gasteiger partial charge in [-0.05, 0) is 55.2 Å². The molecule has 2 heterocycles. The van der Waals surface area contributed by atoms with Crippen molar-refractivity contribution in [3.8, 4) is 11.5 Å². The minimum Gasteiger partial charge on any atom is -0.497 e. The summed E-state index contributed by atoms with van der Waals surface area (Å²) < 4.78 is 10.7. The topological polar surface area (TPSA) is 63.7 Å². The predicted molar refractivity (Wildman–Crippen MR) is 106 cm³/mol. The molecule has 6 heteroatoms. The maximum atomic E-state index is 12.2. The maximum Gasteiger partial charge on any atom is 0.269 e. The van der Waals surface area contributed by atoms with Gasteiger partial charge in [0.2, 0.25) is 0 Å². The van der Waals surface area contributed by atoms with E-state index in [2.05, 4.69) is 22.1 Å². The van der Waals surface area contributed by atoms with Gasteiger partial charge in [-0.15, -0.1) is 0 Å². The summed E-state index contributed by atoms with van der Waals surface area (Å²) in [6.45, 7) is 5.19. The van der Waals surface area contributed by atoms with E-state index in [0.717, 1.165) is 30.3 Å². The van der Waals surface area contributed by atoms with Crippen molar-refractivity contribution in [3.05, 3.63) is 48.3 Å². The van der Waals surface area contributed by atoms with Crippen LogP contribution in [0, 0.1) is 5.92 Å². The first-order chi connectivity index (χ1) is 13.2. The SMILES string of the molecule is COc1ccc(OCCNC(=O)c2ccc(N3CCCC(C)C3)cn2)cc1. The summed E-state index contributed by atoms with van der Waals surface area (Å²) in [5.74, 6) is 2.03. The molecule has 1 aromatic carbocycles. The lowest BCUT2D eigenvalue weighted by Gasteiger charge is -2.32. The highest BCUT2D eigenvalue weighted by Crippen LogP contribution is 2.22. The Balaban J connectivity index is 1.43. The van der Waals surface area contributed by atoms with Gasteiger partial charge in [0.25, 0.3) is 5.91 Å². The average Bonchev–Trinajstić information content (AvgIpc) is 2.71. The van der Waals surface area contributed by atoms with Gasteiger partial charge < -0.3 is 19.7 Å². The first-order valence-corrected chi connectivity index (χ1v) is 9.42. The molecule has 1 aliphatic heterocycles. The third kappa shape index (κ3) is 5.36. The van der Waals surface area contributed by atoms with Crippen molar-refractivity contribution in [2.24, 2.45) is 5.92 Å². The van der Waals surface area contributed by atoms with E-state index in [-0.39, 0.29) is 5.91 Å². The van der Waals surface area contributed by atoms with Gasteiger partial charge in [-0.3, -0.25) is 4.79 Å². The zero-order valence-electron chi connectivity index (χ0n) is 16.0. The van der Waals surface area contributed by atoms with E-state index in [4.69, 9.17) is 9.47 Å². The number of aromatic nitrogens is 1. The molecule has 1 unspecified atom stereocenters. The van der Waals surface area contributed by atoms with Crippen LogP contribution < -0.4 is 19.7 Å². The van der Waals surface area contributed by atoms with Gasteiger partial charge in [0.15, 0.2) is 0 Å². The molecular formula is C21H27N3O3. The van der Waals surface area contributed by atoms with Gasteiger partial charge in [-0.1, -0.05) is 6.92 Å². The molecule has 1 atom stereocenters. The second kappa shape index (κ2) is 9.26. The fraction of sp³-hybridized carbons (Fsp3) is 0.429. The Kier molecular flexibility index (Phi) is 6.52. The molecule has 0 saturated carbocycles. The molecule has 1 aromatic heterocycles. The summed E-state index contributed by atoms with van der Waals surface area (Å²) in [6, 6.07) is 11.1. The number of anilines is 1. The molecule has 6 nitrogen and oxygen atoms in total. The van der Waals surface area contributed by atoms with Gasteiger partial charge in [-0.25, -0.2) is 4.98 Å². The Morgan fingerprint density at radius 2 is 2.00 bits per heavy atom. The van der Waals surface area contributed by atoms with Gasteiger partial charge in [0.05, 0.1) is 25.5 Å². The number of benzene rings is 1. The van der Waals surface area contributed by atoms with Crippen molar-refractivity contribution < 1.29 is 14.3 Å². The molecule has 27 heavy (non-hydrogen) atoms. The fourth-order valence-corrected chi connectivity index (χ4v) is 3.23. The van der Waals surface area contributed by atoms with Crippen molar-refractivity contribution in [3.63, 3.8) is 0 Å². The first-order valence-electron chi connectivity index (χ1n) is 9.42. The van der Waals surface area contributed by atoms with E-state index in [0.29, 0.717) is 24.8 Å². The van der Waals surface area contributed by atoms with Crippen LogP contribution in [0.5, 0.6) is 11.5 Å². The lowest BCUT2D eigenvalue weighted by Crippen LogP contribution is -2.34. The van der Waals surface area contributed by atoms with Crippen LogP contribution in [0.15, 0.2) is 42.6 Å². The maximum absolute atomic E-state index is 12.2. The van der Waals surface area contributed by atoms with E-state index < -0.39 is 0 Å². The molecular weight excluding hydrogens is 342 g/mol. The number of methoxy groups -OCH3 is 1. The van der Waals surface area contributed by atoms with Crippen molar-refractivity contribution in [2.75, 3.05) is 38.3 Å². The van der Waals surface area contributed by atoms with Crippen LogP contribution in [-0.2, 0) is 0 Å². The van der Waals surface area contributed by atoms with Crippen LogP contribution in [0.4, 0.5) is 5.69 Å². The van der Waals surface area contributed by atoms with Crippen LogP contribution in [0.2, 0.25) is 0 Å². The van der Waals surface area contributed by atoms with Crippen LogP contribution >= 0.6 is 0 Å². The van der Waals surface area contributed by atoms with E-state index in [1.165, 1.54) is 12.8 Å². The largest absolute Gasteiger partial charge is 0.497 e. The van der Waals surface area contributed by atoms with Crippen molar-refractivity contribution >= 4 is 11.6 Å². The average molecular weight is 369 g/mol. The quantitative estimate of drug-likeness (QED) is 0.760. The van der Waals surface area contributed by atoms with Gasteiger partial charge >= 0.3 is 0 Å².